The predicted molar refractivity (Wildman–Crippen MR) is 124 cm³/mol. The van der Waals surface area contributed by atoms with E-state index in [1.807, 2.05) is 40.9 Å². The number of aromatic nitrogens is 2. The van der Waals surface area contributed by atoms with Crippen molar-refractivity contribution in [3.8, 4) is 11.5 Å². The molecule has 4 rings (SSSR count). The average Bonchev–Trinajstić information content (AvgIpc) is 3.53. The van der Waals surface area contributed by atoms with Crippen molar-refractivity contribution in [2.75, 3.05) is 12.8 Å². The maximum atomic E-state index is 12.7. The van der Waals surface area contributed by atoms with Crippen LogP contribution in [0.2, 0.25) is 0 Å². The third kappa shape index (κ3) is 5.58. The van der Waals surface area contributed by atoms with E-state index in [0.717, 1.165) is 23.3 Å². The van der Waals surface area contributed by atoms with Gasteiger partial charge >= 0.3 is 5.97 Å². The number of benzene rings is 1. The van der Waals surface area contributed by atoms with Gasteiger partial charge in [-0.15, -0.1) is 11.8 Å². The second-order valence-corrected chi connectivity index (χ2v) is 9.48. The van der Waals surface area contributed by atoms with Gasteiger partial charge in [-0.3, -0.25) is 4.79 Å². The SMILES string of the molecule is CN(C(=O)CSc1ccccc1C(=O)OCc1noc(-c2ccsc2)n1)C1CCCCC1. The molecule has 3 aromatic rings. The van der Waals surface area contributed by atoms with E-state index in [9.17, 15) is 9.59 Å². The Morgan fingerprint density at radius 3 is 2.81 bits per heavy atom. The average molecular weight is 472 g/mol. The number of amides is 1. The van der Waals surface area contributed by atoms with Crippen molar-refractivity contribution in [2.45, 2.75) is 49.6 Å². The van der Waals surface area contributed by atoms with Gasteiger partial charge in [-0.1, -0.05) is 36.6 Å². The largest absolute Gasteiger partial charge is 0.454 e. The quantitative estimate of drug-likeness (QED) is 0.336. The number of carbonyl (C=O) groups is 2. The van der Waals surface area contributed by atoms with Crippen LogP contribution in [0.1, 0.15) is 48.3 Å². The molecule has 1 aromatic carbocycles. The summed E-state index contributed by atoms with van der Waals surface area (Å²) in [6.07, 6.45) is 5.75. The van der Waals surface area contributed by atoms with Gasteiger partial charge in [0.1, 0.15) is 0 Å². The Hall–Kier alpha value is -2.65. The normalized spacial score (nSPS) is 14.3. The van der Waals surface area contributed by atoms with Gasteiger partial charge in [0.15, 0.2) is 6.61 Å². The molecule has 0 spiro atoms. The smallest absolute Gasteiger partial charge is 0.339 e. The standard InChI is InChI=1S/C23H25N3O4S2/c1-26(17-7-3-2-4-8-17)21(27)15-32-19-10-6-5-9-18(19)23(28)29-13-20-24-22(30-25-20)16-11-12-31-14-16/h5-6,9-12,14,17H,2-4,7-8,13,15H2,1H3. The summed E-state index contributed by atoms with van der Waals surface area (Å²) in [6.45, 7) is -0.0885. The summed E-state index contributed by atoms with van der Waals surface area (Å²) in [7, 11) is 1.88. The second-order valence-electron chi connectivity index (χ2n) is 7.69. The number of thioether (sulfide) groups is 1. The van der Waals surface area contributed by atoms with Crippen LogP contribution < -0.4 is 0 Å². The van der Waals surface area contributed by atoms with Crippen LogP contribution in [0.25, 0.3) is 11.5 Å². The minimum absolute atomic E-state index is 0.0813. The summed E-state index contributed by atoms with van der Waals surface area (Å²) in [5, 5.41) is 7.70. The number of nitrogens with zero attached hydrogens (tertiary/aromatic N) is 3. The Kier molecular flexibility index (Phi) is 7.59. The molecule has 2 heterocycles. The highest BCUT2D eigenvalue weighted by Crippen LogP contribution is 2.26. The Morgan fingerprint density at radius 2 is 2.03 bits per heavy atom. The lowest BCUT2D eigenvalue weighted by Crippen LogP contribution is -2.39. The molecule has 0 N–H and O–H groups in total. The first kappa shape index (κ1) is 22.5. The third-order valence-electron chi connectivity index (χ3n) is 5.54. The van der Waals surface area contributed by atoms with Crippen molar-refractivity contribution in [3.63, 3.8) is 0 Å². The molecule has 2 aromatic heterocycles. The van der Waals surface area contributed by atoms with E-state index in [1.165, 1.54) is 42.4 Å². The number of esters is 1. The van der Waals surface area contributed by atoms with Crippen LogP contribution in [-0.2, 0) is 16.1 Å². The zero-order chi connectivity index (χ0) is 22.3. The number of rotatable bonds is 8. The minimum Gasteiger partial charge on any atom is -0.454 e. The molecule has 7 nitrogen and oxygen atoms in total. The maximum Gasteiger partial charge on any atom is 0.339 e. The Balaban J connectivity index is 1.33. The van der Waals surface area contributed by atoms with Gasteiger partial charge < -0.3 is 14.2 Å². The van der Waals surface area contributed by atoms with Crippen LogP contribution >= 0.6 is 23.1 Å². The molecule has 1 saturated carbocycles. The van der Waals surface area contributed by atoms with Gasteiger partial charge in [0.2, 0.25) is 11.7 Å². The number of ether oxygens (including phenoxy) is 1. The van der Waals surface area contributed by atoms with Crippen molar-refractivity contribution in [1.29, 1.82) is 0 Å². The molecule has 1 fully saturated rings. The molecular formula is C23H25N3O4S2. The molecule has 0 unspecified atom stereocenters. The molecule has 168 valence electrons. The van der Waals surface area contributed by atoms with Crippen molar-refractivity contribution >= 4 is 35.0 Å². The lowest BCUT2D eigenvalue weighted by atomic mass is 9.94. The Labute approximate surface area is 195 Å². The predicted octanol–water partition coefficient (Wildman–Crippen LogP) is 5.04. The molecule has 1 amide bonds. The van der Waals surface area contributed by atoms with E-state index < -0.39 is 5.97 Å². The molecule has 32 heavy (non-hydrogen) atoms. The van der Waals surface area contributed by atoms with Gasteiger partial charge in [-0.05, 0) is 36.4 Å². The summed E-state index contributed by atoms with van der Waals surface area (Å²) in [5.41, 5.74) is 1.26. The molecule has 0 bridgehead atoms. The summed E-state index contributed by atoms with van der Waals surface area (Å²) in [6, 6.07) is 9.37. The van der Waals surface area contributed by atoms with Crippen LogP contribution in [0.3, 0.4) is 0 Å². The molecule has 0 atom stereocenters. The lowest BCUT2D eigenvalue weighted by Gasteiger charge is -2.31. The number of carbonyl (C=O) groups excluding carboxylic acids is 2. The van der Waals surface area contributed by atoms with Crippen LogP contribution in [0.15, 0.2) is 50.5 Å². The van der Waals surface area contributed by atoms with E-state index >= 15 is 0 Å². The van der Waals surface area contributed by atoms with E-state index in [0.29, 0.717) is 23.3 Å². The molecule has 1 aliphatic rings. The summed E-state index contributed by atoms with van der Waals surface area (Å²) < 4.78 is 10.6. The van der Waals surface area contributed by atoms with Crippen molar-refractivity contribution in [2.24, 2.45) is 0 Å². The summed E-state index contributed by atoms with van der Waals surface area (Å²) in [4.78, 5) is 32.2. The first-order chi connectivity index (χ1) is 15.6. The zero-order valence-electron chi connectivity index (χ0n) is 17.9. The third-order valence-corrected chi connectivity index (χ3v) is 7.28. The topological polar surface area (TPSA) is 85.5 Å². The molecule has 9 heteroatoms. The van der Waals surface area contributed by atoms with Crippen LogP contribution in [0.5, 0.6) is 0 Å². The molecule has 0 aliphatic heterocycles. The zero-order valence-corrected chi connectivity index (χ0v) is 19.5. The first-order valence-electron chi connectivity index (χ1n) is 10.6. The molecule has 0 radical (unpaired) electrons. The maximum absolute atomic E-state index is 12.7. The van der Waals surface area contributed by atoms with Crippen molar-refractivity contribution < 1.29 is 18.8 Å². The number of hydrogen-bond donors (Lipinski definition) is 0. The van der Waals surface area contributed by atoms with E-state index in [1.54, 1.807) is 12.1 Å². The van der Waals surface area contributed by atoms with Gasteiger partial charge in [0.25, 0.3) is 5.89 Å². The Bertz CT molecular complexity index is 1050. The minimum atomic E-state index is -0.483. The number of thiophene rings is 1. The van der Waals surface area contributed by atoms with Crippen molar-refractivity contribution in [1.82, 2.24) is 15.0 Å². The highest BCUT2D eigenvalue weighted by atomic mass is 32.2. The fraction of sp³-hybridized carbons (Fsp3) is 0.391. The van der Waals surface area contributed by atoms with E-state index in [4.69, 9.17) is 9.26 Å². The van der Waals surface area contributed by atoms with Crippen LogP contribution in [0.4, 0.5) is 0 Å². The fourth-order valence-electron chi connectivity index (χ4n) is 3.70. The first-order valence-corrected chi connectivity index (χ1v) is 12.5. The monoisotopic (exact) mass is 471 g/mol. The van der Waals surface area contributed by atoms with Crippen molar-refractivity contribution in [3.05, 3.63) is 52.5 Å². The molecular weight excluding hydrogens is 446 g/mol. The molecule has 0 saturated heterocycles. The summed E-state index contributed by atoms with van der Waals surface area (Å²) in [5.74, 6) is 0.579. The summed E-state index contributed by atoms with van der Waals surface area (Å²) >= 11 is 2.89. The lowest BCUT2D eigenvalue weighted by molar-refractivity contribution is -0.129. The van der Waals surface area contributed by atoms with Crippen LogP contribution in [0, 0.1) is 0 Å². The van der Waals surface area contributed by atoms with E-state index in [2.05, 4.69) is 10.1 Å². The Morgan fingerprint density at radius 1 is 1.22 bits per heavy atom. The highest BCUT2D eigenvalue weighted by Gasteiger charge is 2.23. The van der Waals surface area contributed by atoms with Crippen LogP contribution in [-0.4, -0.2) is 45.8 Å². The van der Waals surface area contributed by atoms with Gasteiger partial charge in [0, 0.05) is 23.4 Å². The molecule has 1 aliphatic carbocycles. The second kappa shape index (κ2) is 10.8. The number of hydrogen-bond acceptors (Lipinski definition) is 8. The van der Waals surface area contributed by atoms with Gasteiger partial charge in [-0.25, -0.2) is 4.79 Å². The van der Waals surface area contributed by atoms with Gasteiger partial charge in [-0.2, -0.15) is 16.3 Å². The highest BCUT2D eigenvalue weighted by molar-refractivity contribution is 8.00. The van der Waals surface area contributed by atoms with Gasteiger partial charge in [0.05, 0.1) is 16.9 Å². The van der Waals surface area contributed by atoms with E-state index in [-0.39, 0.29) is 18.3 Å². The fourth-order valence-corrected chi connectivity index (χ4v) is 5.29.